The first kappa shape index (κ1) is 46.5. The molecule has 0 atom stereocenters. The average Bonchev–Trinajstić information content (AvgIpc) is 4.02. The molecule has 0 fully saturated rings. The summed E-state index contributed by atoms with van der Waals surface area (Å²) in [4.78, 5) is 3.87. The van der Waals surface area contributed by atoms with Gasteiger partial charge in [0.05, 0.1) is 22.1 Å². The van der Waals surface area contributed by atoms with Crippen LogP contribution in [0.3, 0.4) is 0 Å². The van der Waals surface area contributed by atoms with E-state index in [1.807, 2.05) is 0 Å². The van der Waals surface area contributed by atoms with E-state index in [2.05, 4.69) is 40.0 Å². The molecule has 4 heterocycles. The fourth-order valence-electron chi connectivity index (χ4n) is 6.42. The number of nitrogens with zero attached hydrogens (tertiary/aromatic N) is 7. The van der Waals surface area contributed by atoms with Crippen LogP contribution >= 0.6 is 0 Å². The molecule has 0 bridgehead atoms. The number of para-hydroxylation sites is 4. The van der Waals surface area contributed by atoms with Gasteiger partial charge in [0.2, 0.25) is 0 Å². The van der Waals surface area contributed by atoms with Crippen LogP contribution in [0.1, 0.15) is 5.69 Å². The minimum atomic E-state index is -4.46. The summed E-state index contributed by atoms with van der Waals surface area (Å²) in [5.41, 5.74) is 1.55. The van der Waals surface area contributed by atoms with E-state index in [4.69, 9.17) is 0 Å². The molecular weight excluding hydrogens is 1060 g/mol. The number of pyridine rings is 1. The fourth-order valence-corrected chi connectivity index (χ4v) is 6.42. The second-order valence-corrected chi connectivity index (χ2v) is 13.6. The van der Waals surface area contributed by atoms with Crippen molar-refractivity contribution in [1.82, 2.24) is 24.3 Å². The number of imidazole rings is 2. The molecular formula is C47H23F11IrN7-3. The third kappa shape index (κ3) is 9.76. The third-order valence-electron chi connectivity index (χ3n) is 9.31. The first-order chi connectivity index (χ1) is 31.2. The molecule has 4 aromatic heterocycles. The van der Waals surface area contributed by atoms with Crippen molar-refractivity contribution in [2.75, 3.05) is 0 Å². The van der Waals surface area contributed by atoms with E-state index in [-0.39, 0.29) is 48.5 Å². The molecule has 0 amide bonds. The summed E-state index contributed by atoms with van der Waals surface area (Å²) >= 11 is 0. The second-order valence-electron chi connectivity index (χ2n) is 13.6. The summed E-state index contributed by atoms with van der Waals surface area (Å²) in [7, 11) is 0. The normalized spacial score (nSPS) is 11.1. The Labute approximate surface area is 379 Å². The van der Waals surface area contributed by atoms with Crippen molar-refractivity contribution in [3.05, 3.63) is 217 Å². The predicted octanol–water partition coefficient (Wildman–Crippen LogP) is 10.2. The second kappa shape index (κ2) is 19.3. The van der Waals surface area contributed by atoms with Gasteiger partial charge in [-0.05, 0) is 53.8 Å². The van der Waals surface area contributed by atoms with E-state index in [9.17, 15) is 48.3 Å². The molecule has 0 unspecified atom stereocenters. The molecule has 7 nitrogen and oxygen atoms in total. The molecule has 0 aliphatic carbocycles. The van der Waals surface area contributed by atoms with Crippen molar-refractivity contribution in [2.24, 2.45) is 0 Å². The number of aromatic nitrogens is 7. The average molecular weight is 1090 g/mol. The van der Waals surface area contributed by atoms with Crippen LogP contribution in [-0.2, 0) is 26.3 Å². The van der Waals surface area contributed by atoms with E-state index in [0.717, 1.165) is 54.6 Å². The Kier molecular flexibility index (Phi) is 13.6. The van der Waals surface area contributed by atoms with Crippen LogP contribution in [0.2, 0.25) is 0 Å². The number of hydrogen-bond acceptors (Lipinski definition) is 2. The Balaban J connectivity index is 0.000000151. The molecule has 6 aromatic carbocycles. The predicted molar refractivity (Wildman–Crippen MR) is 210 cm³/mol. The van der Waals surface area contributed by atoms with Crippen LogP contribution < -0.4 is 14.2 Å². The summed E-state index contributed by atoms with van der Waals surface area (Å²) in [5, 5.41) is 6.47. The Morgan fingerprint density at radius 3 is 1.38 bits per heavy atom. The SMILES string of the molecule is FC(F)(F)c1cc(-c2ccccn2)[n-]n1.Fc1c[c-]c(-n2[c-][n+](-c3ccc(F)cc3F)c3ccccc32)c(F)c1.Fc1c[c-]c(-n2[c-][n+](-c3ccc(F)cc3F)c3ccccc32)c(F)c1.[Ir]. The summed E-state index contributed by atoms with van der Waals surface area (Å²) in [5.74, 6) is -6.15. The van der Waals surface area contributed by atoms with Gasteiger partial charge in [-0.25, -0.2) is 17.6 Å². The van der Waals surface area contributed by atoms with E-state index < -0.39 is 58.4 Å². The quantitative estimate of drug-likeness (QED) is 0.0981. The topological polar surface area (TPSA) is 57.5 Å². The zero-order chi connectivity index (χ0) is 46.0. The van der Waals surface area contributed by atoms with Crippen molar-refractivity contribution in [3.8, 4) is 34.1 Å². The van der Waals surface area contributed by atoms with Gasteiger partial charge < -0.3 is 19.3 Å². The molecule has 1 radical (unpaired) electrons. The third-order valence-corrected chi connectivity index (χ3v) is 9.31. The number of benzene rings is 6. The molecule has 66 heavy (non-hydrogen) atoms. The van der Waals surface area contributed by atoms with Gasteiger partial charge in [-0.2, -0.15) is 25.3 Å². The fraction of sp³-hybridized carbons (Fsp3) is 0.0213. The summed E-state index contributed by atoms with van der Waals surface area (Å²) in [6, 6.07) is 34.2. The Hall–Kier alpha value is -7.50. The van der Waals surface area contributed by atoms with Gasteiger partial charge in [0, 0.05) is 67.4 Å². The summed E-state index contributed by atoms with van der Waals surface area (Å²) < 4.78 is 151. The summed E-state index contributed by atoms with van der Waals surface area (Å²) in [6.45, 7) is 0. The van der Waals surface area contributed by atoms with Gasteiger partial charge in [-0.3, -0.25) is 31.7 Å². The van der Waals surface area contributed by atoms with Gasteiger partial charge in [-0.1, -0.05) is 60.3 Å². The van der Waals surface area contributed by atoms with Crippen molar-refractivity contribution in [2.45, 2.75) is 6.18 Å². The first-order valence-electron chi connectivity index (χ1n) is 18.7. The van der Waals surface area contributed by atoms with Crippen molar-refractivity contribution >= 4 is 22.1 Å². The van der Waals surface area contributed by atoms with Crippen LogP contribution in [0.15, 0.2) is 140 Å². The number of hydrogen-bond donors (Lipinski definition) is 0. The molecule has 19 heteroatoms. The van der Waals surface area contributed by atoms with Crippen LogP contribution in [0.5, 0.6) is 0 Å². The van der Waals surface area contributed by atoms with Crippen LogP contribution in [0.4, 0.5) is 48.3 Å². The molecule has 0 aliphatic heterocycles. The molecule has 0 saturated heterocycles. The number of alkyl halides is 3. The zero-order valence-corrected chi connectivity index (χ0v) is 35.3. The monoisotopic (exact) mass is 1090 g/mol. The number of rotatable bonds is 5. The minimum absolute atomic E-state index is 0. The number of halogens is 11. The van der Waals surface area contributed by atoms with Gasteiger partial charge in [0.1, 0.15) is 40.3 Å². The van der Waals surface area contributed by atoms with Gasteiger partial charge in [0.15, 0.2) is 0 Å². The maximum atomic E-state index is 14.2. The van der Waals surface area contributed by atoms with Crippen LogP contribution in [0, 0.1) is 71.3 Å². The van der Waals surface area contributed by atoms with Gasteiger partial charge in [0.25, 0.3) is 12.7 Å². The van der Waals surface area contributed by atoms with Crippen molar-refractivity contribution in [1.29, 1.82) is 0 Å². The molecule has 10 aromatic rings. The largest absolute Gasteiger partial charge is 0.573 e. The van der Waals surface area contributed by atoms with Crippen molar-refractivity contribution < 1.29 is 77.5 Å². The minimum Gasteiger partial charge on any atom is -0.573 e. The Morgan fingerprint density at radius 1 is 0.515 bits per heavy atom. The Bertz CT molecular complexity index is 2980. The van der Waals surface area contributed by atoms with Crippen molar-refractivity contribution in [3.63, 3.8) is 0 Å². The molecule has 10 rings (SSSR count). The van der Waals surface area contributed by atoms with Crippen LogP contribution in [0.25, 0.3) is 56.2 Å². The van der Waals surface area contributed by atoms with Gasteiger partial charge in [-0.15, -0.1) is 24.3 Å². The molecule has 0 spiro atoms. The smallest absolute Gasteiger partial charge is 0.431 e. The first-order valence-corrected chi connectivity index (χ1v) is 18.7. The molecule has 0 saturated carbocycles. The number of fused-ring (bicyclic) bond motifs is 2. The maximum absolute atomic E-state index is 14.2. The van der Waals surface area contributed by atoms with Crippen LogP contribution in [-0.4, -0.2) is 19.2 Å². The van der Waals surface area contributed by atoms with E-state index in [1.165, 1.54) is 36.6 Å². The van der Waals surface area contributed by atoms with E-state index >= 15 is 0 Å². The van der Waals surface area contributed by atoms with E-state index in [0.29, 0.717) is 27.8 Å². The maximum Gasteiger partial charge on any atom is 0.431 e. The molecule has 0 N–H and O–H groups in total. The van der Waals surface area contributed by atoms with Gasteiger partial charge >= 0.3 is 6.18 Å². The molecule has 335 valence electrons. The summed E-state index contributed by atoms with van der Waals surface area (Å²) in [6.07, 6.45) is 2.67. The van der Waals surface area contributed by atoms with E-state index in [1.54, 1.807) is 66.7 Å². The zero-order valence-electron chi connectivity index (χ0n) is 32.9. The standard InChI is InChI=1S/2C19H9F4N2.C9H5F3N3.Ir/c2*20-12-5-7-16(14(22)9-12)24-11-25(19-4-2-1-3-18(19)24)17-8-6-13(21)10-15(17)23;10-9(11,12)8-5-7(14-15-8)6-3-1-2-4-13-6;/h2*1-7,9-10H;1-5H;/q3*-1;. The molecule has 0 aliphatic rings. The Morgan fingerprint density at radius 2 is 0.970 bits per heavy atom.